The van der Waals surface area contributed by atoms with Crippen LogP contribution in [0.15, 0.2) is 11.6 Å². The molecule has 0 radical (unpaired) electrons. The lowest BCUT2D eigenvalue weighted by atomic mass is 9.86. The largest absolute Gasteiger partial charge is 0.417 e. The summed E-state index contributed by atoms with van der Waals surface area (Å²) >= 11 is 0. The van der Waals surface area contributed by atoms with Gasteiger partial charge in [-0.25, -0.2) is 0 Å². The van der Waals surface area contributed by atoms with Gasteiger partial charge in [0.1, 0.15) is 0 Å². The molecule has 106 valence electrons. The molecule has 1 rings (SSSR count). The minimum atomic E-state index is -0.906. The Morgan fingerprint density at radius 2 is 1.78 bits per heavy atom. The Morgan fingerprint density at radius 1 is 1.17 bits per heavy atom. The fraction of sp³-hybridized carbons (Fsp3) is 0.875. The van der Waals surface area contributed by atoms with Crippen molar-refractivity contribution in [2.45, 2.75) is 84.9 Å². The molecule has 0 aromatic rings. The van der Waals surface area contributed by atoms with Gasteiger partial charge in [-0.3, -0.25) is 0 Å². The van der Waals surface area contributed by atoms with E-state index in [1.165, 1.54) is 44.9 Å². The molecule has 0 aromatic heterocycles. The first kappa shape index (κ1) is 16.0. The van der Waals surface area contributed by atoms with Gasteiger partial charge in [0, 0.05) is 6.10 Å². The van der Waals surface area contributed by atoms with E-state index in [4.69, 9.17) is 4.43 Å². The van der Waals surface area contributed by atoms with Crippen molar-refractivity contribution in [2.75, 3.05) is 0 Å². The van der Waals surface area contributed by atoms with Crippen LogP contribution in [0.3, 0.4) is 0 Å². The maximum absolute atomic E-state index is 6.20. The Balaban J connectivity index is 2.09. The van der Waals surface area contributed by atoms with Crippen LogP contribution in [0.4, 0.5) is 0 Å². The van der Waals surface area contributed by atoms with Crippen molar-refractivity contribution >= 4 is 9.04 Å². The third-order valence-corrected chi connectivity index (χ3v) is 4.48. The molecule has 1 aliphatic rings. The van der Waals surface area contributed by atoms with Crippen LogP contribution in [-0.2, 0) is 4.43 Å². The lowest BCUT2D eigenvalue weighted by Crippen LogP contribution is -2.33. The standard InChI is InChI=1S/C16H32OSi/c1-16(2,3)15(17-18(4)5)11-9-7-6-8-10-14-12-13-14/h12,15,18H,6-11,13H2,1-5H3. The highest BCUT2D eigenvalue weighted by Gasteiger charge is 2.25. The van der Waals surface area contributed by atoms with Crippen molar-refractivity contribution in [3.63, 3.8) is 0 Å². The van der Waals surface area contributed by atoms with E-state index in [1.807, 2.05) is 0 Å². The quantitative estimate of drug-likeness (QED) is 0.322. The van der Waals surface area contributed by atoms with Crippen LogP contribution in [0.2, 0.25) is 13.1 Å². The van der Waals surface area contributed by atoms with Crippen molar-refractivity contribution in [3.8, 4) is 0 Å². The van der Waals surface area contributed by atoms with E-state index < -0.39 is 9.04 Å². The molecule has 2 heteroatoms. The highest BCUT2D eigenvalue weighted by molar-refractivity contribution is 6.48. The molecule has 18 heavy (non-hydrogen) atoms. The molecule has 0 saturated heterocycles. The van der Waals surface area contributed by atoms with E-state index in [2.05, 4.69) is 39.9 Å². The van der Waals surface area contributed by atoms with Gasteiger partial charge in [0.15, 0.2) is 9.04 Å². The van der Waals surface area contributed by atoms with Gasteiger partial charge in [-0.05, 0) is 44.2 Å². The lowest BCUT2D eigenvalue weighted by molar-refractivity contribution is 0.0759. The average molecular weight is 269 g/mol. The van der Waals surface area contributed by atoms with Gasteiger partial charge in [0.05, 0.1) is 0 Å². The Kier molecular flexibility index (Phi) is 6.65. The zero-order valence-corrected chi connectivity index (χ0v) is 14.2. The van der Waals surface area contributed by atoms with Gasteiger partial charge >= 0.3 is 0 Å². The zero-order valence-electron chi connectivity index (χ0n) is 13.1. The maximum Gasteiger partial charge on any atom is 0.171 e. The second kappa shape index (κ2) is 7.49. The molecule has 0 aromatic carbocycles. The fourth-order valence-corrected chi connectivity index (χ4v) is 3.55. The summed E-state index contributed by atoms with van der Waals surface area (Å²) in [7, 11) is -0.906. The van der Waals surface area contributed by atoms with Gasteiger partial charge in [-0.2, -0.15) is 0 Å². The molecule has 0 saturated carbocycles. The topological polar surface area (TPSA) is 9.23 Å². The van der Waals surface area contributed by atoms with E-state index in [9.17, 15) is 0 Å². The first-order valence-corrected chi connectivity index (χ1v) is 10.5. The van der Waals surface area contributed by atoms with Crippen LogP contribution in [0.25, 0.3) is 0 Å². The molecule has 1 atom stereocenters. The highest BCUT2D eigenvalue weighted by Crippen LogP contribution is 2.28. The van der Waals surface area contributed by atoms with Crippen LogP contribution in [-0.4, -0.2) is 15.1 Å². The SMILES string of the molecule is C[SiH](C)OC(CCCCCCC1=CC1)C(C)(C)C. The van der Waals surface area contributed by atoms with Crippen molar-refractivity contribution in [2.24, 2.45) is 5.41 Å². The van der Waals surface area contributed by atoms with Gasteiger partial charge in [0.2, 0.25) is 0 Å². The summed E-state index contributed by atoms with van der Waals surface area (Å²) in [5.41, 5.74) is 1.99. The normalized spacial score (nSPS) is 16.9. The summed E-state index contributed by atoms with van der Waals surface area (Å²) in [4.78, 5) is 0. The maximum atomic E-state index is 6.20. The Morgan fingerprint density at radius 3 is 2.28 bits per heavy atom. The second-order valence-electron chi connectivity index (χ2n) is 7.06. The highest BCUT2D eigenvalue weighted by atomic mass is 28.3. The summed E-state index contributed by atoms with van der Waals surface area (Å²) in [5, 5.41) is 0. The van der Waals surface area contributed by atoms with Crippen molar-refractivity contribution in [1.29, 1.82) is 0 Å². The van der Waals surface area contributed by atoms with Gasteiger partial charge in [-0.1, -0.05) is 51.7 Å². The van der Waals surface area contributed by atoms with Gasteiger partial charge < -0.3 is 4.43 Å². The lowest BCUT2D eigenvalue weighted by Gasteiger charge is -2.32. The molecule has 0 fully saturated rings. The Bertz CT molecular complexity index is 263. The summed E-state index contributed by atoms with van der Waals surface area (Å²) < 4.78 is 6.20. The van der Waals surface area contributed by atoms with Crippen LogP contribution < -0.4 is 0 Å². The molecular formula is C16H32OSi. The van der Waals surface area contributed by atoms with Crippen molar-refractivity contribution in [3.05, 3.63) is 11.6 Å². The van der Waals surface area contributed by atoms with E-state index in [-0.39, 0.29) is 0 Å². The monoisotopic (exact) mass is 268 g/mol. The molecule has 1 nitrogen and oxygen atoms in total. The first-order chi connectivity index (χ1) is 8.39. The van der Waals surface area contributed by atoms with Crippen LogP contribution in [0.5, 0.6) is 0 Å². The third-order valence-electron chi connectivity index (χ3n) is 3.61. The predicted molar refractivity (Wildman–Crippen MR) is 83.6 cm³/mol. The van der Waals surface area contributed by atoms with E-state index in [1.54, 1.807) is 5.57 Å². The zero-order chi connectivity index (χ0) is 13.6. The van der Waals surface area contributed by atoms with Gasteiger partial charge in [-0.15, -0.1) is 0 Å². The van der Waals surface area contributed by atoms with E-state index in [0.717, 1.165) is 0 Å². The molecule has 0 spiro atoms. The van der Waals surface area contributed by atoms with Gasteiger partial charge in [0.25, 0.3) is 0 Å². The van der Waals surface area contributed by atoms with Crippen LogP contribution in [0.1, 0.15) is 65.7 Å². The first-order valence-electron chi connectivity index (χ1n) is 7.73. The van der Waals surface area contributed by atoms with E-state index >= 15 is 0 Å². The molecule has 0 amide bonds. The summed E-state index contributed by atoms with van der Waals surface area (Å²) in [6, 6.07) is 0. The third kappa shape index (κ3) is 7.37. The van der Waals surface area contributed by atoms with Crippen molar-refractivity contribution < 1.29 is 4.43 Å². The number of unbranched alkanes of at least 4 members (excludes halogenated alkanes) is 3. The fourth-order valence-electron chi connectivity index (χ4n) is 2.35. The molecule has 1 unspecified atom stereocenters. The van der Waals surface area contributed by atoms with Crippen LogP contribution in [0, 0.1) is 5.41 Å². The van der Waals surface area contributed by atoms with E-state index in [0.29, 0.717) is 11.5 Å². The minimum absolute atomic E-state index is 0.302. The number of rotatable bonds is 9. The molecule has 0 heterocycles. The Labute approximate surface area is 116 Å². The summed E-state index contributed by atoms with van der Waals surface area (Å²) in [5.74, 6) is 0. The molecule has 0 aliphatic heterocycles. The number of hydrogen-bond acceptors (Lipinski definition) is 1. The predicted octanol–water partition coefficient (Wildman–Crippen LogP) is 5.07. The minimum Gasteiger partial charge on any atom is -0.417 e. The number of allylic oxidation sites excluding steroid dienone is 2. The molecular weight excluding hydrogens is 236 g/mol. The molecule has 1 aliphatic carbocycles. The summed E-state index contributed by atoms with van der Waals surface area (Å²) in [6.45, 7) is 11.5. The average Bonchev–Trinajstić information content (AvgIpc) is 3.03. The smallest absolute Gasteiger partial charge is 0.171 e. The summed E-state index contributed by atoms with van der Waals surface area (Å²) in [6.07, 6.45) is 12.2. The second-order valence-corrected chi connectivity index (χ2v) is 9.43. The molecule has 0 bridgehead atoms. The number of hydrogen-bond donors (Lipinski definition) is 0. The molecule has 0 N–H and O–H groups in total. The van der Waals surface area contributed by atoms with Crippen molar-refractivity contribution in [1.82, 2.24) is 0 Å². The Hall–Kier alpha value is -0.0831. The van der Waals surface area contributed by atoms with Crippen LogP contribution >= 0.6 is 0 Å².